The van der Waals surface area contributed by atoms with Crippen molar-refractivity contribution in [2.24, 2.45) is 0 Å². The molecule has 1 fully saturated rings. The van der Waals surface area contributed by atoms with Crippen LogP contribution in [-0.4, -0.2) is 48.5 Å². The zero-order chi connectivity index (χ0) is 21.7. The lowest BCUT2D eigenvalue weighted by Gasteiger charge is -2.35. The third-order valence-electron chi connectivity index (χ3n) is 5.52. The van der Waals surface area contributed by atoms with Crippen molar-refractivity contribution in [3.8, 4) is 0 Å². The van der Waals surface area contributed by atoms with Crippen LogP contribution in [0.2, 0.25) is 0 Å². The summed E-state index contributed by atoms with van der Waals surface area (Å²) in [5, 5.41) is 3.02. The Morgan fingerprint density at radius 2 is 1.83 bits per heavy atom. The van der Waals surface area contributed by atoms with Gasteiger partial charge in [0, 0.05) is 38.1 Å². The molecule has 2 aromatic rings. The number of pyridine rings is 1. The number of benzene rings is 1. The number of carbonyl (C=O) groups excluding carboxylic acids is 1. The standard InChI is InChI=1S/C22H27F3N4O/c1-3-16(2)18-6-4-5-7-19(18)27-21(30)15-28-10-12-29(13-11-28)20-9-8-17(14-26-20)22(23,24)25/h4-9,14,16H,3,10-13,15H2,1-2H3,(H,27,30)/t16-/m1/s1. The van der Waals surface area contributed by atoms with Crippen LogP contribution >= 0.6 is 0 Å². The smallest absolute Gasteiger partial charge is 0.354 e. The van der Waals surface area contributed by atoms with Crippen molar-refractivity contribution in [2.45, 2.75) is 32.4 Å². The number of aromatic nitrogens is 1. The predicted molar refractivity (Wildman–Crippen MR) is 112 cm³/mol. The predicted octanol–water partition coefficient (Wildman–Crippen LogP) is 4.37. The number of nitrogens with zero attached hydrogens (tertiary/aromatic N) is 3. The van der Waals surface area contributed by atoms with Crippen molar-refractivity contribution in [3.05, 3.63) is 53.7 Å². The molecule has 1 atom stereocenters. The van der Waals surface area contributed by atoms with Crippen molar-refractivity contribution in [1.29, 1.82) is 0 Å². The van der Waals surface area contributed by atoms with Gasteiger partial charge in [-0.3, -0.25) is 9.69 Å². The Balaban J connectivity index is 1.52. The van der Waals surface area contributed by atoms with E-state index in [1.54, 1.807) is 0 Å². The second kappa shape index (κ2) is 9.47. The lowest BCUT2D eigenvalue weighted by molar-refractivity contribution is -0.137. The molecule has 0 bridgehead atoms. The maximum Gasteiger partial charge on any atom is 0.417 e. The molecule has 8 heteroatoms. The summed E-state index contributed by atoms with van der Waals surface area (Å²) < 4.78 is 38.0. The van der Waals surface area contributed by atoms with Gasteiger partial charge >= 0.3 is 6.18 Å². The highest BCUT2D eigenvalue weighted by Crippen LogP contribution is 2.29. The van der Waals surface area contributed by atoms with Crippen LogP contribution in [0.3, 0.4) is 0 Å². The fourth-order valence-electron chi connectivity index (χ4n) is 3.53. The van der Waals surface area contributed by atoms with Gasteiger partial charge in [-0.05, 0) is 36.1 Å². The Bertz CT molecular complexity index is 846. The summed E-state index contributed by atoms with van der Waals surface area (Å²) in [4.78, 5) is 20.5. The van der Waals surface area contributed by atoms with E-state index in [0.717, 1.165) is 29.9 Å². The molecule has 0 radical (unpaired) electrons. The molecule has 0 aliphatic carbocycles. The Kier molecular flexibility index (Phi) is 6.97. The third-order valence-corrected chi connectivity index (χ3v) is 5.52. The number of anilines is 2. The van der Waals surface area contributed by atoms with Crippen LogP contribution in [0.25, 0.3) is 0 Å². The fraction of sp³-hybridized carbons (Fsp3) is 0.455. The van der Waals surface area contributed by atoms with E-state index < -0.39 is 11.7 Å². The first-order valence-corrected chi connectivity index (χ1v) is 10.2. The molecule has 0 unspecified atom stereocenters. The van der Waals surface area contributed by atoms with Crippen LogP contribution in [0.5, 0.6) is 0 Å². The molecule has 0 spiro atoms. The maximum atomic E-state index is 12.7. The first-order valence-electron chi connectivity index (χ1n) is 10.2. The molecule has 1 aliphatic rings. The summed E-state index contributed by atoms with van der Waals surface area (Å²) in [6.07, 6.45) is -2.53. The van der Waals surface area contributed by atoms with Gasteiger partial charge in [0.15, 0.2) is 0 Å². The van der Waals surface area contributed by atoms with Crippen LogP contribution in [0.1, 0.15) is 37.3 Å². The van der Waals surface area contributed by atoms with Crippen molar-refractivity contribution in [2.75, 3.05) is 42.9 Å². The Morgan fingerprint density at radius 1 is 1.13 bits per heavy atom. The number of hydrogen-bond acceptors (Lipinski definition) is 4. The average molecular weight is 420 g/mol. The number of carbonyl (C=O) groups is 1. The van der Waals surface area contributed by atoms with Gasteiger partial charge in [0.1, 0.15) is 5.82 Å². The molecule has 0 saturated carbocycles. The minimum absolute atomic E-state index is 0.0631. The molecular formula is C22H27F3N4O. The average Bonchev–Trinajstić information content (AvgIpc) is 2.73. The molecule has 162 valence electrons. The van der Waals surface area contributed by atoms with Gasteiger partial charge in [0.25, 0.3) is 0 Å². The van der Waals surface area contributed by atoms with Gasteiger partial charge in [-0.2, -0.15) is 13.2 Å². The van der Waals surface area contributed by atoms with E-state index in [4.69, 9.17) is 0 Å². The second-order valence-corrected chi connectivity index (χ2v) is 7.61. The minimum atomic E-state index is -4.38. The maximum absolute atomic E-state index is 12.7. The van der Waals surface area contributed by atoms with Crippen LogP contribution < -0.4 is 10.2 Å². The molecule has 5 nitrogen and oxygen atoms in total. The highest BCUT2D eigenvalue weighted by atomic mass is 19.4. The topological polar surface area (TPSA) is 48.5 Å². The first kappa shape index (κ1) is 22.1. The highest BCUT2D eigenvalue weighted by Gasteiger charge is 2.31. The minimum Gasteiger partial charge on any atom is -0.354 e. The monoisotopic (exact) mass is 420 g/mol. The van der Waals surface area contributed by atoms with Crippen LogP contribution in [0.15, 0.2) is 42.6 Å². The molecule has 30 heavy (non-hydrogen) atoms. The van der Waals surface area contributed by atoms with E-state index in [9.17, 15) is 18.0 Å². The molecule has 1 aromatic carbocycles. The largest absolute Gasteiger partial charge is 0.417 e. The van der Waals surface area contributed by atoms with Gasteiger partial charge in [0.05, 0.1) is 12.1 Å². The number of piperazine rings is 1. The van der Waals surface area contributed by atoms with Gasteiger partial charge in [-0.25, -0.2) is 4.98 Å². The Morgan fingerprint density at radius 3 is 2.43 bits per heavy atom. The summed E-state index contributed by atoms with van der Waals surface area (Å²) in [5.74, 6) is 0.822. The van der Waals surface area contributed by atoms with E-state index in [1.807, 2.05) is 34.1 Å². The lowest BCUT2D eigenvalue weighted by atomic mass is 9.97. The van der Waals surface area contributed by atoms with Crippen molar-refractivity contribution in [3.63, 3.8) is 0 Å². The number of hydrogen-bond donors (Lipinski definition) is 1. The number of rotatable bonds is 6. The van der Waals surface area contributed by atoms with Gasteiger partial charge in [-0.15, -0.1) is 0 Å². The molecule has 1 saturated heterocycles. The number of alkyl halides is 3. The SMILES string of the molecule is CC[C@@H](C)c1ccccc1NC(=O)CN1CCN(c2ccc(C(F)(F)F)cn2)CC1. The zero-order valence-electron chi connectivity index (χ0n) is 17.2. The molecular weight excluding hydrogens is 393 g/mol. The molecule has 1 amide bonds. The second-order valence-electron chi connectivity index (χ2n) is 7.61. The molecule has 1 aliphatic heterocycles. The summed E-state index contributed by atoms with van der Waals surface area (Å²) in [5.41, 5.74) is 1.23. The summed E-state index contributed by atoms with van der Waals surface area (Å²) >= 11 is 0. The molecule has 1 N–H and O–H groups in total. The fourth-order valence-corrected chi connectivity index (χ4v) is 3.53. The van der Waals surface area contributed by atoms with Crippen LogP contribution in [0.4, 0.5) is 24.7 Å². The lowest BCUT2D eigenvalue weighted by Crippen LogP contribution is -2.49. The van der Waals surface area contributed by atoms with Gasteiger partial charge < -0.3 is 10.2 Å². The van der Waals surface area contributed by atoms with Crippen molar-refractivity contribution < 1.29 is 18.0 Å². The number of nitrogens with one attached hydrogen (secondary N) is 1. The normalized spacial score (nSPS) is 16.4. The van der Waals surface area contributed by atoms with E-state index in [2.05, 4.69) is 24.1 Å². The van der Waals surface area contributed by atoms with E-state index >= 15 is 0 Å². The van der Waals surface area contributed by atoms with Crippen LogP contribution in [-0.2, 0) is 11.0 Å². The highest BCUT2D eigenvalue weighted by molar-refractivity contribution is 5.93. The summed E-state index contributed by atoms with van der Waals surface area (Å²) in [6, 6.07) is 10.3. The molecule has 2 heterocycles. The zero-order valence-corrected chi connectivity index (χ0v) is 17.2. The Hall–Kier alpha value is -2.61. The molecule has 3 rings (SSSR count). The number of amides is 1. The summed E-state index contributed by atoms with van der Waals surface area (Å²) in [6.45, 7) is 7.04. The van der Waals surface area contributed by atoms with Crippen molar-refractivity contribution in [1.82, 2.24) is 9.88 Å². The Labute approximate surface area is 174 Å². The van der Waals surface area contributed by atoms with Gasteiger partial charge in [0.2, 0.25) is 5.91 Å². The van der Waals surface area contributed by atoms with Crippen LogP contribution in [0, 0.1) is 0 Å². The first-order chi connectivity index (χ1) is 14.3. The van der Waals surface area contributed by atoms with Crippen molar-refractivity contribution >= 4 is 17.4 Å². The van der Waals surface area contributed by atoms with E-state index in [1.165, 1.54) is 6.07 Å². The quantitative estimate of drug-likeness (QED) is 0.754. The molecule has 1 aromatic heterocycles. The number of halogens is 3. The number of para-hydroxylation sites is 1. The van der Waals surface area contributed by atoms with E-state index in [0.29, 0.717) is 37.9 Å². The summed E-state index contributed by atoms with van der Waals surface area (Å²) in [7, 11) is 0. The van der Waals surface area contributed by atoms with E-state index in [-0.39, 0.29) is 12.5 Å². The third kappa shape index (κ3) is 5.50. The van der Waals surface area contributed by atoms with Gasteiger partial charge in [-0.1, -0.05) is 32.0 Å².